The van der Waals surface area contributed by atoms with E-state index in [-0.39, 0.29) is 5.91 Å². The summed E-state index contributed by atoms with van der Waals surface area (Å²) >= 11 is 0. The summed E-state index contributed by atoms with van der Waals surface area (Å²) in [5, 5.41) is 11.1. The number of benzene rings is 1. The standard InChI is InChI=1S/C12H15NO3/c1-3-9-6-4-5-7-10(9)11(14)13-8(2)12(15)16/h4-8H,3H2,1-2H3,(H,13,14)(H,15,16). The number of hydrogen-bond donors (Lipinski definition) is 2. The molecule has 4 nitrogen and oxygen atoms in total. The molecule has 1 aromatic carbocycles. The first-order chi connectivity index (χ1) is 7.56. The molecule has 4 heteroatoms. The highest BCUT2D eigenvalue weighted by Crippen LogP contribution is 2.09. The lowest BCUT2D eigenvalue weighted by Gasteiger charge is -2.11. The van der Waals surface area contributed by atoms with Crippen molar-refractivity contribution < 1.29 is 14.7 Å². The Labute approximate surface area is 94.3 Å². The zero-order chi connectivity index (χ0) is 12.1. The molecule has 0 aromatic heterocycles. The Morgan fingerprint density at radius 2 is 2.00 bits per heavy atom. The fourth-order valence-corrected chi connectivity index (χ4v) is 1.39. The maximum absolute atomic E-state index is 11.8. The molecule has 1 unspecified atom stereocenters. The van der Waals surface area contributed by atoms with Gasteiger partial charge < -0.3 is 10.4 Å². The number of rotatable bonds is 4. The van der Waals surface area contributed by atoms with Crippen molar-refractivity contribution in [1.29, 1.82) is 0 Å². The third kappa shape index (κ3) is 2.82. The lowest BCUT2D eigenvalue weighted by molar-refractivity contribution is -0.138. The summed E-state index contributed by atoms with van der Waals surface area (Å²) in [5.74, 6) is -1.38. The molecule has 0 spiro atoms. The van der Waals surface area contributed by atoms with Gasteiger partial charge >= 0.3 is 5.97 Å². The Bertz CT molecular complexity index is 401. The second-order valence-electron chi connectivity index (χ2n) is 3.54. The van der Waals surface area contributed by atoms with Crippen LogP contribution >= 0.6 is 0 Å². The SMILES string of the molecule is CCc1ccccc1C(=O)NC(C)C(=O)O. The fourth-order valence-electron chi connectivity index (χ4n) is 1.39. The molecule has 0 saturated carbocycles. The lowest BCUT2D eigenvalue weighted by Crippen LogP contribution is -2.38. The molecule has 0 aliphatic carbocycles. The minimum absolute atomic E-state index is 0.340. The van der Waals surface area contributed by atoms with Crippen molar-refractivity contribution in [3.63, 3.8) is 0 Å². The molecule has 0 fully saturated rings. The van der Waals surface area contributed by atoms with Crippen molar-refractivity contribution >= 4 is 11.9 Å². The van der Waals surface area contributed by atoms with Crippen LogP contribution in [0.4, 0.5) is 0 Å². The van der Waals surface area contributed by atoms with Crippen LogP contribution < -0.4 is 5.32 Å². The molecule has 0 aliphatic heterocycles. The quantitative estimate of drug-likeness (QED) is 0.808. The number of carbonyl (C=O) groups is 2. The Hall–Kier alpha value is -1.84. The molecule has 0 bridgehead atoms. The summed E-state index contributed by atoms with van der Waals surface area (Å²) in [5.41, 5.74) is 1.45. The minimum Gasteiger partial charge on any atom is -0.480 e. The predicted octanol–water partition coefficient (Wildman–Crippen LogP) is 1.45. The number of hydrogen-bond acceptors (Lipinski definition) is 2. The number of amides is 1. The molecule has 0 aliphatic rings. The first kappa shape index (κ1) is 12.2. The molecule has 1 rings (SSSR count). The molecule has 0 heterocycles. The summed E-state index contributed by atoms with van der Waals surface area (Å²) in [7, 11) is 0. The molecule has 1 aromatic rings. The average molecular weight is 221 g/mol. The van der Waals surface area contributed by atoms with Gasteiger partial charge in [0, 0.05) is 5.56 Å². The van der Waals surface area contributed by atoms with Crippen molar-refractivity contribution in [1.82, 2.24) is 5.32 Å². The monoisotopic (exact) mass is 221 g/mol. The third-order valence-corrected chi connectivity index (χ3v) is 2.36. The van der Waals surface area contributed by atoms with Gasteiger partial charge in [-0.1, -0.05) is 25.1 Å². The molecule has 1 amide bonds. The largest absolute Gasteiger partial charge is 0.480 e. The Kier molecular flexibility index (Phi) is 4.05. The number of carboxylic acids is 1. The van der Waals surface area contributed by atoms with Gasteiger partial charge in [0.1, 0.15) is 6.04 Å². The van der Waals surface area contributed by atoms with Crippen LogP contribution in [0, 0.1) is 0 Å². The van der Waals surface area contributed by atoms with E-state index in [9.17, 15) is 9.59 Å². The van der Waals surface area contributed by atoms with Crippen molar-refractivity contribution in [3.8, 4) is 0 Å². The first-order valence-electron chi connectivity index (χ1n) is 5.17. The van der Waals surface area contributed by atoms with Gasteiger partial charge in [-0.05, 0) is 25.0 Å². The van der Waals surface area contributed by atoms with Gasteiger partial charge in [-0.25, -0.2) is 0 Å². The Balaban J connectivity index is 2.84. The van der Waals surface area contributed by atoms with Crippen LogP contribution in [0.25, 0.3) is 0 Å². The topological polar surface area (TPSA) is 66.4 Å². The van der Waals surface area contributed by atoms with E-state index in [4.69, 9.17) is 5.11 Å². The maximum Gasteiger partial charge on any atom is 0.325 e. The van der Waals surface area contributed by atoms with E-state index in [1.165, 1.54) is 6.92 Å². The molecule has 16 heavy (non-hydrogen) atoms. The molecule has 0 saturated heterocycles. The zero-order valence-corrected chi connectivity index (χ0v) is 9.36. The molecule has 0 radical (unpaired) electrons. The molecular formula is C12H15NO3. The smallest absolute Gasteiger partial charge is 0.325 e. The van der Waals surface area contributed by atoms with E-state index >= 15 is 0 Å². The van der Waals surface area contributed by atoms with Crippen LogP contribution in [0.3, 0.4) is 0 Å². The van der Waals surface area contributed by atoms with Crippen molar-refractivity contribution in [2.24, 2.45) is 0 Å². The third-order valence-electron chi connectivity index (χ3n) is 2.36. The first-order valence-corrected chi connectivity index (χ1v) is 5.17. The van der Waals surface area contributed by atoms with E-state index in [0.29, 0.717) is 5.56 Å². The summed E-state index contributed by atoms with van der Waals surface area (Å²) in [6.45, 7) is 3.39. The van der Waals surface area contributed by atoms with Crippen LogP contribution in [-0.2, 0) is 11.2 Å². The van der Waals surface area contributed by atoms with Crippen LogP contribution in [0.5, 0.6) is 0 Å². The summed E-state index contributed by atoms with van der Waals surface area (Å²) in [6, 6.07) is 6.30. The molecule has 86 valence electrons. The average Bonchev–Trinajstić information content (AvgIpc) is 2.28. The van der Waals surface area contributed by atoms with Crippen LogP contribution in [0.15, 0.2) is 24.3 Å². The summed E-state index contributed by atoms with van der Waals surface area (Å²) in [6.07, 6.45) is 0.741. The second-order valence-corrected chi connectivity index (χ2v) is 3.54. The van der Waals surface area contributed by atoms with Gasteiger partial charge in [0.25, 0.3) is 5.91 Å². The summed E-state index contributed by atoms with van der Waals surface area (Å²) in [4.78, 5) is 22.4. The van der Waals surface area contributed by atoms with Crippen LogP contribution in [0.1, 0.15) is 29.8 Å². The number of carboxylic acid groups (broad SMARTS) is 1. The van der Waals surface area contributed by atoms with Crippen LogP contribution in [0.2, 0.25) is 0 Å². The zero-order valence-electron chi connectivity index (χ0n) is 9.36. The molecular weight excluding hydrogens is 206 g/mol. The minimum atomic E-state index is -1.04. The highest BCUT2D eigenvalue weighted by Gasteiger charge is 2.16. The second kappa shape index (κ2) is 5.30. The van der Waals surface area contributed by atoms with E-state index in [1.54, 1.807) is 12.1 Å². The van der Waals surface area contributed by atoms with E-state index in [0.717, 1.165) is 12.0 Å². The number of nitrogens with one attached hydrogen (secondary N) is 1. The van der Waals surface area contributed by atoms with Gasteiger partial charge in [-0.2, -0.15) is 0 Å². The Morgan fingerprint density at radius 1 is 1.38 bits per heavy atom. The van der Waals surface area contributed by atoms with E-state index in [1.807, 2.05) is 19.1 Å². The van der Waals surface area contributed by atoms with Gasteiger partial charge in [0.15, 0.2) is 0 Å². The van der Waals surface area contributed by atoms with Gasteiger partial charge in [0.2, 0.25) is 0 Å². The molecule has 2 N–H and O–H groups in total. The highest BCUT2D eigenvalue weighted by atomic mass is 16.4. The van der Waals surface area contributed by atoms with E-state index < -0.39 is 12.0 Å². The van der Waals surface area contributed by atoms with Gasteiger partial charge in [-0.3, -0.25) is 9.59 Å². The van der Waals surface area contributed by atoms with Crippen LogP contribution in [-0.4, -0.2) is 23.0 Å². The van der Waals surface area contributed by atoms with Gasteiger partial charge in [0.05, 0.1) is 0 Å². The molecule has 1 atom stereocenters. The maximum atomic E-state index is 11.8. The predicted molar refractivity (Wildman–Crippen MR) is 60.4 cm³/mol. The number of carbonyl (C=O) groups excluding carboxylic acids is 1. The van der Waals surface area contributed by atoms with Crippen molar-refractivity contribution in [2.75, 3.05) is 0 Å². The van der Waals surface area contributed by atoms with Crippen molar-refractivity contribution in [2.45, 2.75) is 26.3 Å². The summed E-state index contributed by atoms with van der Waals surface area (Å²) < 4.78 is 0. The van der Waals surface area contributed by atoms with E-state index in [2.05, 4.69) is 5.32 Å². The fraction of sp³-hybridized carbons (Fsp3) is 0.333. The number of aliphatic carboxylic acids is 1. The van der Waals surface area contributed by atoms with Gasteiger partial charge in [-0.15, -0.1) is 0 Å². The number of aryl methyl sites for hydroxylation is 1. The normalized spacial score (nSPS) is 11.9. The Morgan fingerprint density at radius 3 is 2.56 bits per heavy atom. The highest BCUT2D eigenvalue weighted by molar-refractivity contribution is 5.97. The van der Waals surface area contributed by atoms with Crippen molar-refractivity contribution in [3.05, 3.63) is 35.4 Å². The lowest BCUT2D eigenvalue weighted by atomic mass is 10.0.